The Morgan fingerprint density at radius 2 is 1.43 bits per heavy atom. The summed E-state index contributed by atoms with van der Waals surface area (Å²) in [5, 5.41) is 8.64. The second kappa shape index (κ2) is 9.91. The molecule has 3 rings (SSSR count). The lowest BCUT2D eigenvalue weighted by Gasteiger charge is -2.31. The average Bonchev–Trinajstić information content (AvgIpc) is 2.74. The Hall–Kier alpha value is -3.35. The van der Waals surface area contributed by atoms with Gasteiger partial charge in [0.15, 0.2) is 0 Å². The molecule has 158 valence electrons. The van der Waals surface area contributed by atoms with Gasteiger partial charge in [-0.25, -0.2) is 4.79 Å². The van der Waals surface area contributed by atoms with Crippen LogP contribution in [-0.2, 0) is 9.59 Å². The molecule has 2 aromatic carbocycles. The number of nitrogens with zero attached hydrogens (tertiary/aromatic N) is 1. The standard InChI is InChI=1S/C23H28N4O3/c1-16(2)21(28)24-19-9-6-10-20(15-19)25-22(29)17-11-13-27(14-12-17)23(30)26-18-7-4-3-5-8-18/h3-10,15-17H,11-14H2,1-2H3,(H,24,28)(H,25,29)(H,26,30). The van der Waals surface area contributed by atoms with Crippen molar-refractivity contribution in [1.82, 2.24) is 4.90 Å². The quantitative estimate of drug-likeness (QED) is 0.694. The van der Waals surface area contributed by atoms with Gasteiger partial charge in [0.1, 0.15) is 0 Å². The van der Waals surface area contributed by atoms with Crippen molar-refractivity contribution in [3.8, 4) is 0 Å². The van der Waals surface area contributed by atoms with Gasteiger partial charge in [0, 0.05) is 42.0 Å². The molecule has 0 aliphatic carbocycles. The molecule has 0 aromatic heterocycles. The van der Waals surface area contributed by atoms with E-state index in [9.17, 15) is 14.4 Å². The summed E-state index contributed by atoms with van der Waals surface area (Å²) < 4.78 is 0. The fourth-order valence-corrected chi connectivity index (χ4v) is 3.27. The predicted octanol–water partition coefficient (Wildman–Crippen LogP) is 4.16. The Morgan fingerprint density at radius 3 is 2.07 bits per heavy atom. The van der Waals surface area contributed by atoms with Gasteiger partial charge >= 0.3 is 6.03 Å². The molecule has 1 aliphatic rings. The number of piperidine rings is 1. The summed E-state index contributed by atoms with van der Waals surface area (Å²) in [5.41, 5.74) is 2.05. The highest BCUT2D eigenvalue weighted by Crippen LogP contribution is 2.22. The lowest BCUT2D eigenvalue weighted by atomic mass is 9.96. The van der Waals surface area contributed by atoms with E-state index in [-0.39, 0.29) is 29.7 Å². The van der Waals surface area contributed by atoms with E-state index in [1.165, 1.54) is 0 Å². The summed E-state index contributed by atoms with van der Waals surface area (Å²) in [6, 6.07) is 16.3. The first-order chi connectivity index (χ1) is 14.4. The lowest BCUT2D eigenvalue weighted by Crippen LogP contribution is -2.43. The molecule has 30 heavy (non-hydrogen) atoms. The number of rotatable bonds is 5. The molecule has 3 N–H and O–H groups in total. The van der Waals surface area contributed by atoms with Crippen LogP contribution in [0.25, 0.3) is 0 Å². The van der Waals surface area contributed by atoms with Gasteiger partial charge in [0.05, 0.1) is 0 Å². The third-order valence-corrected chi connectivity index (χ3v) is 5.10. The molecule has 4 amide bonds. The molecule has 7 nitrogen and oxygen atoms in total. The van der Waals surface area contributed by atoms with Crippen LogP contribution in [-0.4, -0.2) is 35.8 Å². The van der Waals surface area contributed by atoms with Gasteiger partial charge < -0.3 is 20.9 Å². The van der Waals surface area contributed by atoms with E-state index in [1.54, 1.807) is 29.2 Å². The smallest absolute Gasteiger partial charge is 0.321 e. The molecule has 1 fully saturated rings. The van der Waals surface area contributed by atoms with Crippen LogP contribution < -0.4 is 16.0 Å². The van der Waals surface area contributed by atoms with E-state index in [0.717, 1.165) is 5.69 Å². The number of likely N-dealkylation sites (tertiary alicyclic amines) is 1. The zero-order chi connectivity index (χ0) is 21.5. The Balaban J connectivity index is 1.49. The lowest BCUT2D eigenvalue weighted by molar-refractivity contribution is -0.121. The van der Waals surface area contributed by atoms with Gasteiger partial charge in [-0.05, 0) is 43.2 Å². The summed E-state index contributed by atoms with van der Waals surface area (Å²) in [6.45, 7) is 4.71. The van der Waals surface area contributed by atoms with Crippen molar-refractivity contribution in [3.63, 3.8) is 0 Å². The van der Waals surface area contributed by atoms with Crippen LogP contribution in [0, 0.1) is 11.8 Å². The number of urea groups is 1. The van der Waals surface area contributed by atoms with E-state index >= 15 is 0 Å². The van der Waals surface area contributed by atoms with Crippen LogP contribution in [0.3, 0.4) is 0 Å². The number of hydrogen-bond acceptors (Lipinski definition) is 3. The molecule has 7 heteroatoms. The molecule has 0 radical (unpaired) electrons. The van der Waals surface area contributed by atoms with Gasteiger partial charge in [0.2, 0.25) is 11.8 Å². The van der Waals surface area contributed by atoms with Crippen LogP contribution in [0.15, 0.2) is 54.6 Å². The van der Waals surface area contributed by atoms with Crippen molar-refractivity contribution >= 4 is 34.9 Å². The van der Waals surface area contributed by atoms with Crippen LogP contribution in [0.1, 0.15) is 26.7 Å². The van der Waals surface area contributed by atoms with Crippen LogP contribution in [0.4, 0.5) is 21.9 Å². The molecule has 1 aliphatic heterocycles. The minimum Gasteiger partial charge on any atom is -0.326 e. The zero-order valence-corrected chi connectivity index (χ0v) is 17.4. The number of benzene rings is 2. The predicted molar refractivity (Wildman–Crippen MR) is 118 cm³/mol. The molecular weight excluding hydrogens is 380 g/mol. The molecule has 2 aromatic rings. The maximum atomic E-state index is 12.7. The number of carbonyl (C=O) groups is 3. The fourth-order valence-electron chi connectivity index (χ4n) is 3.27. The van der Waals surface area contributed by atoms with Gasteiger partial charge in [0.25, 0.3) is 0 Å². The van der Waals surface area contributed by atoms with Crippen LogP contribution in [0.2, 0.25) is 0 Å². The second-order valence-electron chi connectivity index (χ2n) is 7.77. The normalized spacial score (nSPS) is 14.3. The molecule has 0 atom stereocenters. The summed E-state index contributed by atoms with van der Waals surface area (Å²) in [5.74, 6) is -0.405. The second-order valence-corrected chi connectivity index (χ2v) is 7.77. The SMILES string of the molecule is CC(C)C(=O)Nc1cccc(NC(=O)C2CCN(C(=O)Nc3ccccc3)CC2)c1. The maximum absolute atomic E-state index is 12.7. The monoisotopic (exact) mass is 408 g/mol. The highest BCUT2D eigenvalue weighted by atomic mass is 16.2. The average molecular weight is 409 g/mol. The highest BCUT2D eigenvalue weighted by Gasteiger charge is 2.27. The van der Waals surface area contributed by atoms with Gasteiger partial charge in [-0.15, -0.1) is 0 Å². The number of nitrogens with one attached hydrogen (secondary N) is 3. The largest absolute Gasteiger partial charge is 0.326 e. The molecule has 0 unspecified atom stereocenters. The number of hydrogen-bond donors (Lipinski definition) is 3. The van der Waals surface area contributed by atoms with Crippen molar-refractivity contribution in [1.29, 1.82) is 0 Å². The summed E-state index contributed by atoms with van der Waals surface area (Å²) in [7, 11) is 0. The third kappa shape index (κ3) is 5.83. The first-order valence-corrected chi connectivity index (χ1v) is 10.2. The first kappa shape index (κ1) is 21.4. The molecule has 1 saturated heterocycles. The van der Waals surface area contributed by atoms with E-state index in [1.807, 2.05) is 44.2 Å². The minimum absolute atomic E-state index is 0.0644. The van der Waals surface area contributed by atoms with Crippen molar-refractivity contribution in [2.24, 2.45) is 11.8 Å². The number of anilines is 3. The van der Waals surface area contributed by atoms with Gasteiger partial charge in [-0.3, -0.25) is 9.59 Å². The zero-order valence-electron chi connectivity index (χ0n) is 17.4. The van der Waals surface area contributed by atoms with Crippen molar-refractivity contribution in [3.05, 3.63) is 54.6 Å². The van der Waals surface area contributed by atoms with Crippen LogP contribution >= 0.6 is 0 Å². The molecule has 0 saturated carbocycles. The van der Waals surface area contributed by atoms with E-state index < -0.39 is 0 Å². The highest BCUT2D eigenvalue weighted by molar-refractivity contribution is 5.96. The van der Waals surface area contributed by atoms with Gasteiger partial charge in [-0.1, -0.05) is 38.1 Å². The number of para-hydroxylation sites is 1. The van der Waals surface area contributed by atoms with Crippen molar-refractivity contribution < 1.29 is 14.4 Å². The summed E-state index contributed by atoms with van der Waals surface area (Å²) >= 11 is 0. The van der Waals surface area contributed by atoms with Crippen molar-refractivity contribution in [2.75, 3.05) is 29.0 Å². The minimum atomic E-state index is -0.153. The van der Waals surface area contributed by atoms with Gasteiger partial charge in [-0.2, -0.15) is 0 Å². The Kier molecular flexibility index (Phi) is 7.06. The van der Waals surface area contributed by atoms with Crippen LogP contribution in [0.5, 0.6) is 0 Å². The Labute approximate surface area is 176 Å². The molecular formula is C23H28N4O3. The fraction of sp³-hybridized carbons (Fsp3) is 0.348. The number of carbonyl (C=O) groups excluding carboxylic acids is 3. The van der Waals surface area contributed by atoms with E-state index in [0.29, 0.717) is 37.3 Å². The van der Waals surface area contributed by atoms with E-state index in [4.69, 9.17) is 0 Å². The Bertz CT molecular complexity index is 890. The topological polar surface area (TPSA) is 90.5 Å². The van der Waals surface area contributed by atoms with Crippen molar-refractivity contribution in [2.45, 2.75) is 26.7 Å². The first-order valence-electron chi connectivity index (χ1n) is 10.2. The number of amides is 4. The van der Waals surface area contributed by atoms with E-state index in [2.05, 4.69) is 16.0 Å². The Morgan fingerprint density at radius 1 is 0.833 bits per heavy atom. The maximum Gasteiger partial charge on any atom is 0.321 e. The third-order valence-electron chi connectivity index (χ3n) is 5.10. The summed E-state index contributed by atoms with van der Waals surface area (Å²) in [6.07, 6.45) is 1.22. The summed E-state index contributed by atoms with van der Waals surface area (Å²) in [4.78, 5) is 38.6. The molecule has 0 spiro atoms. The molecule has 1 heterocycles. The molecule has 0 bridgehead atoms.